The van der Waals surface area contributed by atoms with Gasteiger partial charge in [-0.1, -0.05) is 17.7 Å². The summed E-state index contributed by atoms with van der Waals surface area (Å²) in [5.41, 5.74) is 0.908. The van der Waals surface area contributed by atoms with E-state index in [1.165, 1.54) is 12.4 Å². The lowest BCUT2D eigenvalue weighted by atomic mass is 10.1. The van der Waals surface area contributed by atoms with Crippen molar-refractivity contribution in [1.82, 2.24) is 15.3 Å². The van der Waals surface area contributed by atoms with Crippen molar-refractivity contribution in [3.63, 3.8) is 0 Å². The number of hydrogen-bond donors (Lipinski definition) is 2. The Kier molecular flexibility index (Phi) is 6.95. The number of ether oxygens (including phenoxy) is 2. The fourth-order valence-corrected chi connectivity index (χ4v) is 3.41. The zero-order chi connectivity index (χ0) is 19.5. The number of piperidine rings is 1. The zero-order valence-electron chi connectivity index (χ0n) is 15.7. The van der Waals surface area contributed by atoms with Gasteiger partial charge in [-0.15, -0.1) is 12.4 Å². The first-order valence-electron chi connectivity index (χ1n) is 9.07. The first kappa shape index (κ1) is 21.4. The minimum atomic E-state index is -0.534. The molecule has 1 aliphatic rings. The Labute approximate surface area is 179 Å². The number of hydrogen-bond acceptors (Lipinski definition) is 6. The highest BCUT2D eigenvalue weighted by Crippen LogP contribution is 2.36. The number of rotatable bonds is 5. The number of aromatic nitrogens is 2. The summed E-state index contributed by atoms with van der Waals surface area (Å²) in [5.74, 6) is 1.14. The van der Waals surface area contributed by atoms with Crippen molar-refractivity contribution in [2.75, 3.05) is 25.5 Å². The highest BCUT2D eigenvalue weighted by atomic mass is 35.5. The maximum atomic E-state index is 14.3. The van der Waals surface area contributed by atoms with Crippen LogP contribution in [0.25, 0.3) is 10.9 Å². The van der Waals surface area contributed by atoms with Gasteiger partial charge in [0.1, 0.15) is 18.2 Å². The van der Waals surface area contributed by atoms with Crippen LogP contribution in [0.2, 0.25) is 5.02 Å². The first-order valence-corrected chi connectivity index (χ1v) is 9.44. The van der Waals surface area contributed by atoms with Crippen molar-refractivity contribution >= 4 is 46.4 Å². The molecule has 0 radical (unpaired) electrons. The Balaban J connectivity index is 0.00000240. The fourth-order valence-electron chi connectivity index (χ4n) is 3.24. The number of anilines is 2. The Hall–Kier alpha value is -2.35. The molecule has 0 saturated carbocycles. The molecule has 9 heteroatoms. The van der Waals surface area contributed by atoms with E-state index < -0.39 is 5.82 Å². The molecule has 0 atom stereocenters. The van der Waals surface area contributed by atoms with E-state index in [4.69, 9.17) is 21.1 Å². The molecule has 3 aromatic rings. The number of nitrogens with zero attached hydrogens (tertiary/aromatic N) is 2. The average molecular weight is 439 g/mol. The monoisotopic (exact) mass is 438 g/mol. The van der Waals surface area contributed by atoms with Crippen LogP contribution in [0.5, 0.6) is 11.5 Å². The van der Waals surface area contributed by atoms with E-state index in [-0.39, 0.29) is 29.2 Å². The molecule has 29 heavy (non-hydrogen) atoms. The average Bonchev–Trinajstić information content (AvgIpc) is 2.72. The van der Waals surface area contributed by atoms with Gasteiger partial charge in [0.05, 0.1) is 23.3 Å². The number of benzene rings is 2. The summed E-state index contributed by atoms with van der Waals surface area (Å²) in [5, 5.41) is 7.04. The van der Waals surface area contributed by atoms with Crippen LogP contribution in [0.3, 0.4) is 0 Å². The Morgan fingerprint density at radius 1 is 1.17 bits per heavy atom. The smallest absolute Gasteiger partial charge is 0.165 e. The SMILES string of the molecule is COc1cc2c(Nc3cccc(Cl)c3F)ncnc2cc1OC1CCNCC1.Cl. The van der Waals surface area contributed by atoms with E-state index >= 15 is 0 Å². The highest BCUT2D eigenvalue weighted by Gasteiger charge is 2.19. The van der Waals surface area contributed by atoms with Crippen LogP contribution in [0.1, 0.15) is 12.8 Å². The van der Waals surface area contributed by atoms with Crippen molar-refractivity contribution in [2.45, 2.75) is 18.9 Å². The minimum Gasteiger partial charge on any atom is -0.493 e. The second-order valence-electron chi connectivity index (χ2n) is 6.54. The summed E-state index contributed by atoms with van der Waals surface area (Å²) in [6.07, 6.45) is 3.43. The van der Waals surface area contributed by atoms with E-state index in [9.17, 15) is 4.39 Å². The normalized spacial score (nSPS) is 14.3. The largest absolute Gasteiger partial charge is 0.493 e. The van der Waals surface area contributed by atoms with Gasteiger partial charge in [0.25, 0.3) is 0 Å². The number of fused-ring (bicyclic) bond motifs is 1. The van der Waals surface area contributed by atoms with Crippen LogP contribution in [0, 0.1) is 5.82 Å². The molecule has 1 saturated heterocycles. The van der Waals surface area contributed by atoms with Crippen LogP contribution in [-0.2, 0) is 0 Å². The van der Waals surface area contributed by atoms with E-state index in [0.717, 1.165) is 25.9 Å². The number of nitrogens with one attached hydrogen (secondary N) is 2. The predicted octanol–water partition coefficient (Wildman–Crippen LogP) is 4.73. The van der Waals surface area contributed by atoms with Gasteiger partial charge in [-0.2, -0.15) is 0 Å². The van der Waals surface area contributed by atoms with Gasteiger partial charge in [0, 0.05) is 11.5 Å². The first-order chi connectivity index (χ1) is 13.7. The van der Waals surface area contributed by atoms with Crippen LogP contribution in [-0.4, -0.2) is 36.3 Å². The lowest BCUT2D eigenvalue weighted by Gasteiger charge is -2.25. The lowest BCUT2D eigenvalue weighted by Crippen LogP contribution is -2.34. The number of methoxy groups -OCH3 is 1. The molecule has 4 rings (SSSR count). The van der Waals surface area contributed by atoms with Crippen molar-refractivity contribution in [3.05, 3.63) is 47.5 Å². The Morgan fingerprint density at radius 3 is 2.72 bits per heavy atom. The van der Waals surface area contributed by atoms with Crippen molar-refractivity contribution in [1.29, 1.82) is 0 Å². The Morgan fingerprint density at radius 2 is 1.97 bits per heavy atom. The van der Waals surface area contributed by atoms with Gasteiger partial charge < -0.3 is 20.1 Å². The van der Waals surface area contributed by atoms with E-state index in [1.807, 2.05) is 6.07 Å². The van der Waals surface area contributed by atoms with Crippen molar-refractivity contribution < 1.29 is 13.9 Å². The molecule has 6 nitrogen and oxygen atoms in total. The van der Waals surface area contributed by atoms with Gasteiger partial charge in [0.15, 0.2) is 17.3 Å². The summed E-state index contributed by atoms with van der Waals surface area (Å²) in [4.78, 5) is 8.59. The molecule has 0 spiro atoms. The maximum absolute atomic E-state index is 14.3. The van der Waals surface area contributed by atoms with Crippen molar-refractivity contribution in [3.8, 4) is 11.5 Å². The molecule has 154 valence electrons. The quantitative estimate of drug-likeness (QED) is 0.600. The standard InChI is InChI=1S/C20H20ClFN4O2.ClH/c1-27-17-9-13-16(10-18(17)28-12-5-7-23-8-6-12)24-11-25-20(13)26-15-4-2-3-14(21)19(15)22;/h2-4,9-12,23H,5-8H2,1H3,(H,24,25,26);1H. The van der Waals surface area contributed by atoms with Gasteiger partial charge in [-0.25, -0.2) is 14.4 Å². The zero-order valence-corrected chi connectivity index (χ0v) is 17.3. The second kappa shape index (κ2) is 9.43. The predicted molar refractivity (Wildman–Crippen MR) is 115 cm³/mol. The van der Waals surface area contributed by atoms with E-state index in [0.29, 0.717) is 28.2 Å². The summed E-state index contributed by atoms with van der Waals surface area (Å²) < 4.78 is 25.9. The van der Waals surface area contributed by atoms with Gasteiger partial charge in [-0.3, -0.25) is 0 Å². The molecule has 1 fully saturated rings. The third kappa shape index (κ3) is 4.63. The molecule has 0 aliphatic carbocycles. The molecule has 2 aromatic carbocycles. The molecule has 2 N–H and O–H groups in total. The summed E-state index contributed by atoms with van der Waals surface area (Å²) >= 11 is 5.87. The molecule has 0 bridgehead atoms. The molecular weight excluding hydrogens is 418 g/mol. The fraction of sp³-hybridized carbons (Fsp3) is 0.300. The topological polar surface area (TPSA) is 68.3 Å². The third-order valence-electron chi connectivity index (χ3n) is 4.71. The summed E-state index contributed by atoms with van der Waals surface area (Å²) in [6.45, 7) is 1.87. The lowest BCUT2D eigenvalue weighted by molar-refractivity contribution is 0.157. The van der Waals surface area contributed by atoms with Crippen LogP contribution < -0.4 is 20.1 Å². The van der Waals surface area contributed by atoms with Crippen LogP contribution in [0.15, 0.2) is 36.7 Å². The highest BCUT2D eigenvalue weighted by molar-refractivity contribution is 6.31. The maximum Gasteiger partial charge on any atom is 0.165 e. The summed E-state index contributed by atoms with van der Waals surface area (Å²) in [7, 11) is 1.59. The molecule has 2 heterocycles. The van der Waals surface area contributed by atoms with Gasteiger partial charge >= 0.3 is 0 Å². The molecular formula is C20H21Cl2FN4O2. The van der Waals surface area contributed by atoms with Gasteiger partial charge in [-0.05, 0) is 44.1 Å². The number of halogens is 3. The molecule has 1 aliphatic heterocycles. The van der Waals surface area contributed by atoms with Gasteiger partial charge in [0.2, 0.25) is 0 Å². The van der Waals surface area contributed by atoms with Crippen LogP contribution in [0.4, 0.5) is 15.9 Å². The Bertz CT molecular complexity index is 1000. The van der Waals surface area contributed by atoms with Crippen LogP contribution >= 0.6 is 24.0 Å². The van der Waals surface area contributed by atoms with E-state index in [1.54, 1.807) is 25.3 Å². The van der Waals surface area contributed by atoms with E-state index in [2.05, 4.69) is 20.6 Å². The molecule has 0 amide bonds. The van der Waals surface area contributed by atoms with Crippen molar-refractivity contribution in [2.24, 2.45) is 0 Å². The minimum absolute atomic E-state index is 0. The summed E-state index contributed by atoms with van der Waals surface area (Å²) in [6, 6.07) is 8.39. The molecule has 0 unspecified atom stereocenters. The molecule has 1 aromatic heterocycles. The third-order valence-corrected chi connectivity index (χ3v) is 5.00. The second-order valence-corrected chi connectivity index (χ2v) is 6.94.